The summed E-state index contributed by atoms with van der Waals surface area (Å²) in [6, 6.07) is 0. The number of nitrogens with zero attached hydrogens (tertiary/aromatic N) is 1. The van der Waals surface area contributed by atoms with E-state index in [4.69, 9.17) is 5.84 Å². The number of nitrogens with two attached hydrogens (primary N) is 1. The second-order valence-electron chi connectivity index (χ2n) is 5.07. The van der Waals surface area contributed by atoms with Crippen LogP contribution < -0.4 is 5.84 Å². The number of hydrazone groups is 1. The summed E-state index contributed by atoms with van der Waals surface area (Å²) in [5, 5.41) is 3.95. The third kappa shape index (κ3) is 0.644. The summed E-state index contributed by atoms with van der Waals surface area (Å²) in [6.07, 6.45) is 3.78. The monoisotopic (exact) mass is 166 g/mol. The predicted molar refractivity (Wildman–Crippen MR) is 50.9 cm³/mol. The van der Waals surface area contributed by atoms with Gasteiger partial charge in [0.05, 0.1) is 0 Å². The minimum Gasteiger partial charge on any atom is -0.323 e. The van der Waals surface area contributed by atoms with Crippen LogP contribution in [0.15, 0.2) is 5.10 Å². The smallest absolute Gasteiger partial charge is 0.0443 e. The summed E-state index contributed by atoms with van der Waals surface area (Å²) < 4.78 is 0. The fourth-order valence-corrected chi connectivity index (χ4v) is 3.12. The topological polar surface area (TPSA) is 38.4 Å². The van der Waals surface area contributed by atoms with E-state index in [2.05, 4.69) is 25.9 Å². The number of hydrogen-bond acceptors (Lipinski definition) is 2. The van der Waals surface area contributed by atoms with E-state index >= 15 is 0 Å². The average molecular weight is 166 g/mol. The van der Waals surface area contributed by atoms with Gasteiger partial charge in [-0.05, 0) is 30.6 Å². The molecule has 0 radical (unpaired) electrons. The average Bonchev–Trinajstić information content (AvgIpc) is 2.34. The Labute approximate surface area is 74.2 Å². The van der Waals surface area contributed by atoms with Crippen LogP contribution in [-0.2, 0) is 0 Å². The molecule has 0 unspecified atom stereocenters. The Morgan fingerprint density at radius 3 is 2.33 bits per heavy atom. The van der Waals surface area contributed by atoms with Gasteiger partial charge < -0.3 is 5.84 Å². The van der Waals surface area contributed by atoms with Crippen molar-refractivity contribution in [2.45, 2.75) is 40.0 Å². The fraction of sp³-hybridized carbons (Fsp3) is 0.900. The van der Waals surface area contributed by atoms with Gasteiger partial charge in [0.1, 0.15) is 0 Å². The summed E-state index contributed by atoms with van der Waals surface area (Å²) in [7, 11) is 0. The Kier molecular flexibility index (Phi) is 1.37. The molecule has 2 N–H and O–H groups in total. The quantitative estimate of drug-likeness (QED) is 0.434. The highest BCUT2D eigenvalue weighted by molar-refractivity contribution is 5.94. The van der Waals surface area contributed by atoms with Gasteiger partial charge >= 0.3 is 0 Å². The molecule has 2 bridgehead atoms. The maximum atomic E-state index is 5.41. The Hall–Kier alpha value is -0.530. The molecule has 0 aliphatic heterocycles. The molecule has 2 rings (SSSR count). The van der Waals surface area contributed by atoms with Crippen molar-refractivity contribution >= 4 is 5.71 Å². The van der Waals surface area contributed by atoms with E-state index < -0.39 is 0 Å². The van der Waals surface area contributed by atoms with Gasteiger partial charge in [0, 0.05) is 11.1 Å². The molecule has 0 aromatic carbocycles. The van der Waals surface area contributed by atoms with Crippen LogP contribution in [0.5, 0.6) is 0 Å². The number of rotatable bonds is 0. The first kappa shape index (κ1) is 8.09. The molecule has 2 heteroatoms. The standard InChI is InChI=1S/C10H18N2/c1-9(2)7-4-5-10(9,3)8(6-7)12-11/h7H,4-6,11H2,1-3H3/b12-8-/t7-,10-/m0/s1. The molecule has 2 aliphatic carbocycles. The second kappa shape index (κ2) is 2.04. The van der Waals surface area contributed by atoms with Gasteiger partial charge in [-0.1, -0.05) is 20.8 Å². The Morgan fingerprint density at radius 2 is 2.08 bits per heavy atom. The van der Waals surface area contributed by atoms with E-state index in [1.807, 2.05) is 0 Å². The van der Waals surface area contributed by atoms with Crippen LogP contribution in [0.3, 0.4) is 0 Å². The van der Waals surface area contributed by atoms with E-state index in [0.29, 0.717) is 10.8 Å². The molecule has 0 amide bonds. The van der Waals surface area contributed by atoms with Crippen molar-refractivity contribution in [2.75, 3.05) is 0 Å². The molecule has 2 atom stereocenters. The third-order valence-corrected chi connectivity index (χ3v) is 4.67. The van der Waals surface area contributed by atoms with Gasteiger partial charge in [-0.15, -0.1) is 0 Å². The van der Waals surface area contributed by atoms with Gasteiger partial charge in [-0.3, -0.25) is 0 Å². The van der Waals surface area contributed by atoms with Crippen molar-refractivity contribution in [2.24, 2.45) is 27.7 Å². The van der Waals surface area contributed by atoms with Crippen LogP contribution in [0.25, 0.3) is 0 Å². The highest BCUT2D eigenvalue weighted by Gasteiger charge is 2.59. The first-order chi connectivity index (χ1) is 5.52. The van der Waals surface area contributed by atoms with E-state index in [1.54, 1.807) is 0 Å². The van der Waals surface area contributed by atoms with Gasteiger partial charge in [-0.2, -0.15) is 5.10 Å². The van der Waals surface area contributed by atoms with Crippen LogP contribution in [0.1, 0.15) is 40.0 Å². The van der Waals surface area contributed by atoms with Gasteiger partial charge in [-0.25, -0.2) is 0 Å². The lowest BCUT2D eigenvalue weighted by molar-refractivity contribution is 0.194. The lowest BCUT2D eigenvalue weighted by atomic mass is 9.70. The Bertz CT molecular complexity index is 242. The number of fused-ring (bicyclic) bond motifs is 2. The van der Waals surface area contributed by atoms with E-state index in [0.717, 1.165) is 12.3 Å². The molecular weight excluding hydrogens is 148 g/mol. The molecule has 0 aromatic rings. The maximum Gasteiger partial charge on any atom is 0.0443 e. The first-order valence-corrected chi connectivity index (χ1v) is 4.79. The fourth-order valence-electron chi connectivity index (χ4n) is 3.12. The van der Waals surface area contributed by atoms with E-state index in [1.165, 1.54) is 18.6 Å². The second-order valence-corrected chi connectivity index (χ2v) is 5.07. The van der Waals surface area contributed by atoms with Gasteiger partial charge in [0.25, 0.3) is 0 Å². The zero-order valence-electron chi connectivity index (χ0n) is 8.22. The summed E-state index contributed by atoms with van der Waals surface area (Å²) in [6.45, 7) is 7.05. The molecular formula is C10H18N2. The molecule has 68 valence electrons. The molecule has 2 aliphatic rings. The first-order valence-electron chi connectivity index (χ1n) is 4.79. The summed E-state index contributed by atoms with van der Waals surface area (Å²) in [5.41, 5.74) is 1.97. The van der Waals surface area contributed by atoms with Gasteiger partial charge in [0.15, 0.2) is 0 Å². The van der Waals surface area contributed by atoms with Crippen molar-refractivity contribution in [1.29, 1.82) is 0 Å². The molecule has 0 spiro atoms. The molecule has 2 fully saturated rings. The van der Waals surface area contributed by atoms with Crippen molar-refractivity contribution in [3.05, 3.63) is 0 Å². The van der Waals surface area contributed by atoms with Crippen molar-refractivity contribution in [1.82, 2.24) is 0 Å². The molecule has 12 heavy (non-hydrogen) atoms. The summed E-state index contributed by atoms with van der Waals surface area (Å²) in [4.78, 5) is 0. The minimum atomic E-state index is 0.298. The Morgan fingerprint density at radius 1 is 1.42 bits per heavy atom. The molecule has 2 saturated carbocycles. The van der Waals surface area contributed by atoms with E-state index in [-0.39, 0.29) is 0 Å². The molecule has 2 nitrogen and oxygen atoms in total. The largest absolute Gasteiger partial charge is 0.323 e. The highest BCUT2D eigenvalue weighted by Crippen LogP contribution is 2.63. The van der Waals surface area contributed by atoms with Crippen LogP contribution in [0.4, 0.5) is 0 Å². The SMILES string of the molecule is CC1(C)[C@H]2CC[C@@]1(C)/C(=N\N)C2. The number of hydrogen-bond donors (Lipinski definition) is 1. The zero-order valence-corrected chi connectivity index (χ0v) is 8.22. The van der Waals surface area contributed by atoms with E-state index in [9.17, 15) is 0 Å². The third-order valence-electron chi connectivity index (χ3n) is 4.67. The predicted octanol–water partition coefficient (Wildman–Crippen LogP) is 2.15. The van der Waals surface area contributed by atoms with Crippen LogP contribution in [-0.4, -0.2) is 5.71 Å². The van der Waals surface area contributed by atoms with Crippen LogP contribution in [0.2, 0.25) is 0 Å². The Balaban J connectivity index is 2.46. The minimum absolute atomic E-state index is 0.298. The normalized spacial score (nSPS) is 47.2. The van der Waals surface area contributed by atoms with Crippen LogP contribution >= 0.6 is 0 Å². The van der Waals surface area contributed by atoms with Crippen molar-refractivity contribution < 1.29 is 0 Å². The van der Waals surface area contributed by atoms with Crippen molar-refractivity contribution in [3.63, 3.8) is 0 Å². The van der Waals surface area contributed by atoms with Crippen LogP contribution in [0, 0.1) is 16.7 Å². The van der Waals surface area contributed by atoms with Crippen molar-refractivity contribution in [3.8, 4) is 0 Å². The molecule has 0 heterocycles. The molecule has 0 aromatic heterocycles. The summed E-state index contributed by atoms with van der Waals surface area (Å²) >= 11 is 0. The zero-order chi connectivity index (χ0) is 8.98. The molecule has 0 saturated heterocycles. The van der Waals surface area contributed by atoms with Gasteiger partial charge in [0.2, 0.25) is 0 Å². The lowest BCUT2D eigenvalue weighted by Crippen LogP contribution is -2.33. The lowest BCUT2D eigenvalue weighted by Gasteiger charge is -2.34. The summed E-state index contributed by atoms with van der Waals surface area (Å²) in [5.74, 6) is 6.24. The highest BCUT2D eigenvalue weighted by atomic mass is 15.1. The maximum absolute atomic E-state index is 5.41.